The fourth-order valence-electron chi connectivity index (χ4n) is 1.68. The van der Waals surface area contributed by atoms with Crippen LogP contribution < -0.4 is 10.6 Å². The zero-order chi connectivity index (χ0) is 13.3. The van der Waals surface area contributed by atoms with Gasteiger partial charge in [-0.05, 0) is 18.2 Å². The van der Waals surface area contributed by atoms with Gasteiger partial charge in [-0.15, -0.1) is 0 Å². The molecule has 1 aromatic heterocycles. The van der Waals surface area contributed by atoms with Crippen molar-refractivity contribution in [3.05, 3.63) is 42.0 Å². The third-order valence-electron chi connectivity index (χ3n) is 2.67. The largest absolute Gasteiger partial charge is 0.396 e. The first-order chi connectivity index (χ1) is 8.50. The van der Waals surface area contributed by atoms with E-state index in [2.05, 4.69) is 5.10 Å². The molecule has 0 spiro atoms. The molecule has 0 saturated carbocycles. The van der Waals surface area contributed by atoms with E-state index in [1.165, 1.54) is 27.9 Å². The molecule has 2 rings (SSSR count). The highest BCUT2D eigenvalue weighted by molar-refractivity contribution is 6.07. The average Bonchev–Trinajstić information content (AvgIpc) is 2.67. The van der Waals surface area contributed by atoms with E-state index in [0.717, 1.165) is 0 Å². The molecule has 1 amide bonds. The Morgan fingerprint density at radius 3 is 2.78 bits per heavy atom. The van der Waals surface area contributed by atoms with Crippen LogP contribution in [0.4, 0.5) is 15.8 Å². The lowest BCUT2D eigenvalue weighted by atomic mass is 10.2. The SMILES string of the molecule is CN(C(=O)c1c(N)cnn1C)c1cccc(F)c1. The monoisotopic (exact) mass is 248 g/mol. The number of anilines is 2. The molecule has 6 heteroatoms. The standard InChI is InChI=1S/C12H13FN4O/c1-16(9-5-3-4-8(13)6-9)12(18)11-10(14)7-15-17(11)2/h3-7H,14H2,1-2H3. The number of aryl methyl sites for hydroxylation is 1. The van der Waals surface area contributed by atoms with E-state index in [9.17, 15) is 9.18 Å². The number of nitrogen functional groups attached to an aromatic ring is 1. The van der Waals surface area contributed by atoms with E-state index < -0.39 is 5.82 Å². The van der Waals surface area contributed by atoms with Gasteiger partial charge in [0.2, 0.25) is 0 Å². The minimum absolute atomic E-state index is 0.279. The number of hydrogen-bond donors (Lipinski definition) is 1. The first-order valence-corrected chi connectivity index (χ1v) is 5.32. The Morgan fingerprint density at radius 2 is 2.22 bits per heavy atom. The van der Waals surface area contributed by atoms with Gasteiger partial charge in [-0.25, -0.2) is 4.39 Å². The quantitative estimate of drug-likeness (QED) is 0.874. The predicted molar refractivity (Wildman–Crippen MR) is 66.8 cm³/mol. The molecule has 0 aliphatic heterocycles. The van der Waals surface area contributed by atoms with Crippen LogP contribution in [0.3, 0.4) is 0 Å². The maximum atomic E-state index is 13.1. The minimum Gasteiger partial charge on any atom is -0.396 e. The molecule has 0 saturated heterocycles. The molecule has 2 aromatic rings. The van der Waals surface area contributed by atoms with Crippen molar-refractivity contribution >= 4 is 17.3 Å². The second-order valence-electron chi connectivity index (χ2n) is 3.92. The van der Waals surface area contributed by atoms with Crippen molar-refractivity contribution in [1.29, 1.82) is 0 Å². The number of carbonyl (C=O) groups excluding carboxylic acids is 1. The fraction of sp³-hybridized carbons (Fsp3) is 0.167. The van der Waals surface area contributed by atoms with Gasteiger partial charge in [0.15, 0.2) is 0 Å². The number of hydrogen-bond acceptors (Lipinski definition) is 3. The normalized spacial score (nSPS) is 10.4. The molecule has 0 atom stereocenters. The summed E-state index contributed by atoms with van der Waals surface area (Å²) < 4.78 is 14.5. The van der Waals surface area contributed by atoms with Crippen LogP contribution in [-0.4, -0.2) is 22.7 Å². The van der Waals surface area contributed by atoms with Gasteiger partial charge >= 0.3 is 0 Å². The molecule has 1 aromatic carbocycles. The first-order valence-electron chi connectivity index (χ1n) is 5.32. The molecule has 94 valence electrons. The van der Waals surface area contributed by atoms with Crippen molar-refractivity contribution in [3.8, 4) is 0 Å². The Bertz CT molecular complexity index is 574. The van der Waals surface area contributed by atoms with Crippen LogP contribution in [0.5, 0.6) is 0 Å². The summed E-state index contributed by atoms with van der Waals surface area (Å²) in [6.07, 6.45) is 1.41. The highest BCUT2D eigenvalue weighted by atomic mass is 19.1. The Kier molecular flexibility index (Phi) is 3.01. The van der Waals surface area contributed by atoms with Gasteiger partial charge in [0.1, 0.15) is 11.5 Å². The lowest BCUT2D eigenvalue weighted by Gasteiger charge is -2.17. The van der Waals surface area contributed by atoms with Gasteiger partial charge in [0.25, 0.3) is 5.91 Å². The Balaban J connectivity index is 2.35. The van der Waals surface area contributed by atoms with Gasteiger partial charge in [-0.3, -0.25) is 9.48 Å². The van der Waals surface area contributed by atoms with E-state index in [1.54, 1.807) is 26.2 Å². The highest BCUT2D eigenvalue weighted by Gasteiger charge is 2.20. The number of halogens is 1. The molecule has 1 heterocycles. The fourth-order valence-corrected chi connectivity index (χ4v) is 1.68. The Morgan fingerprint density at radius 1 is 1.50 bits per heavy atom. The third kappa shape index (κ3) is 2.04. The number of rotatable bonds is 2. The third-order valence-corrected chi connectivity index (χ3v) is 2.67. The van der Waals surface area contributed by atoms with Gasteiger partial charge in [-0.2, -0.15) is 5.10 Å². The van der Waals surface area contributed by atoms with Crippen molar-refractivity contribution in [1.82, 2.24) is 9.78 Å². The van der Waals surface area contributed by atoms with Crippen LogP contribution in [0.25, 0.3) is 0 Å². The molecule has 18 heavy (non-hydrogen) atoms. The molecule has 0 aliphatic carbocycles. The van der Waals surface area contributed by atoms with Crippen molar-refractivity contribution < 1.29 is 9.18 Å². The molecule has 2 N–H and O–H groups in total. The molecule has 0 fully saturated rings. The van der Waals surface area contributed by atoms with Gasteiger partial charge < -0.3 is 10.6 Å². The lowest BCUT2D eigenvalue weighted by molar-refractivity contribution is 0.0985. The van der Waals surface area contributed by atoms with E-state index in [0.29, 0.717) is 11.4 Å². The Hall–Kier alpha value is -2.37. The van der Waals surface area contributed by atoms with Crippen LogP contribution in [-0.2, 0) is 7.05 Å². The summed E-state index contributed by atoms with van der Waals surface area (Å²) >= 11 is 0. The molecule has 0 radical (unpaired) electrons. The smallest absolute Gasteiger partial charge is 0.278 e. The summed E-state index contributed by atoms with van der Waals surface area (Å²) in [5, 5.41) is 3.90. The van der Waals surface area contributed by atoms with E-state index in [4.69, 9.17) is 5.73 Å². The Labute approximate surface area is 104 Å². The van der Waals surface area contributed by atoms with Crippen molar-refractivity contribution in [2.75, 3.05) is 17.7 Å². The van der Waals surface area contributed by atoms with Crippen molar-refractivity contribution in [3.63, 3.8) is 0 Å². The van der Waals surface area contributed by atoms with Crippen LogP contribution in [0.2, 0.25) is 0 Å². The van der Waals surface area contributed by atoms with Crippen molar-refractivity contribution in [2.24, 2.45) is 7.05 Å². The predicted octanol–water partition coefficient (Wildman–Crippen LogP) is 1.42. The van der Waals surface area contributed by atoms with E-state index in [1.807, 2.05) is 0 Å². The number of aromatic nitrogens is 2. The van der Waals surface area contributed by atoms with Crippen LogP contribution >= 0.6 is 0 Å². The van der Waals surface area contributed by atoms with Crippen LogP contribution in [0.15, 0.2) is 30.5 Å². The highest BCUT2D eigenvalue weighted by Crippen LogP contribution is 2.19. The number of nitrogens with two attached hydrogens (primary N) is 1. The minimum atomic E-state index is -0.398. The summed E-state index contributed by atoms with van der Waals surface area (Å²) in [4.78, 5) is 13.6. The zero-order valence-electron chi connectivity index (χ0n) is 10.1. The lowest BCUT2D eigenvalue weighted by Crippen LogP contribution is -2.29. The van der Waals surface area contributed by atoms with E-state index >= 15 is 0 Å². The maximum Gasteiger partial charge on any atom is 0.278 e. The summed E-state index contributed by atoms with van der Waals surface area (Å²) in [6.45, 7) is 0. The van der Waals surface area contributed by atoms with Crippen LogP contribution in [0.1, 0.15) is 10.5 Å². The van der Waals surface area contributed by atoms with Crippen LogP contribution in [0, 0.1) is 5.82 Å². The summed E-state index contributed by atoms with van der Waals surface area (Å²) in [5.74, 6) is -0.733. The molecular formula is C12H13FN4O. The molecule has 0 bridgehead atoms. The van der Waals surface area contributed by atoms with Gasteiger partial charge in [-0.1, -0.05) is 6.07 Å². The number of amides is 1. The molecule has 0 aliphatic rings. The number of benzene rings is 1. The van der Waals surface area contributed by atoms with Gasteiger partial charge in [0.05, 0.1) is 11.9 Å². The summed E-state index contributed by atoms with van der Waals surface area (Å²) in [5.41, 5.74) is 6.72. The maximum absolute atomic E-state index is 13.1. The first kappa shape index (κ1) is 12.1. The summed E-state index contributed by atoms with van der Waals surface area (Å²) in [7, 11) is 3.19. The van der Waals surface area contributed by atoms with E-state index in [-0.39, 0.29) is 11.6 Å². The second kappa shape index (κ2) is 4.48. The topological polar surface area (TPSA) is 64.2 Å². The molecule has 5 nitrogen and oxygen atoms in total. The number of carbonyl (C=O) groups is 1. The van der Waals surface area contributed by atoms with Crippen molar-refractivity contribution in [2.45, 2.75) is 0 Å². The average molecular weight is 248 g/mol. The summed E-state index contributed by atoms with van der Waals surface area (Å²) in [6, 6.07) is 5.79. The zero-order valence-corrected chi connectivity index (χ0v) is 10.1. The number of nitrogens with zero attached hydrogens (tertiary/aromatic N) is 3. The second-order valence-corrected chi connectivity index (χ2v) is 3.92. The molecule has 0 unspecified atom stereocenters. The molecular weight excluding hydrogens is 235 g/mol. The van der Waals surface area contributed by atoms with Gasteiger partial charge in [0, 0.05) is 19.8 Å².